The van der Waals surface area contributed by atoms with Crippen molar-refractivity contribution in [2.24, 2.45) is 0 Å². The molecule has 0 amide bonds. The van der Waals surface area contributed by atoms with E-state index in [9.17, 15) is 0 Å². The lowest BCUT2D eigenvalue weighted by Gasteiger charge is -2.20. The maximum atomic E-state index is 3.53. The van der Waals surface area contributed by atoms with E-state index in [1.807, 2.05) is 11.3 Å². The third-order valence-electron chi connectivity index (χ3n) is 2.59. The molecule has 1 aromatic rings. The Kier molecular flexibility index (Phi) is 6.07. The quantitative estimate of drug-likeness (QED) is 0.702. The van der Waals surface area contributed by atoms with Crippen molar-refractivity contribution < 1.29 is 0 Å². The van der Waals surface area contributed by atoms with Crippen LogP contribution in [0.4, 0.5) is 0 Å². The van der Waals surface area contributed by atoms with Gasteiger partial charge in [0.25, 0.3) is 0 Å². The van der Waals surface area contributed by atoms with Crippen molar-refractivity contribution in [3.05, 3.63) is 22.4 Å². The van der Waals surface area contributed by atoms with Crippen LogP contribution in [-0.2, 0) is 6.42 Å². The maximum Gasteiger partial charge on any atom is 0.00965 e. The molecular formula is C14H25NS. The van der Waals surface area contributed by atoms with E-state index < -0.39 is 0 Å². The molecule has 0 aliphatic rings. The summed E-state index contributed by atoms with van der Waals surface area (Å²) < 4.78 is 0. The number of aryl methyl sites for hydroxylation is 1. The number of rotatable bonds is 7. The third kappa shape index (κ3) is 7.02. The zero-order valence-electron chi connectivity index (χ0n) is 10.9. The monoisotopic (exact) mass is 239 g/mol. The Morgan fingerprint density at radius 1 is 1.12 bits per heavy atom. The molecule has 1 nitrogen and oxygen atoms in total. The molecule has 16 heavy (non-hydrogen) atoms. The first kappa shape index (κ1) is 13.7. The SMILES string of the molecule is CC(C)(C)NCCCCCCc1cccs1. The molecule has 1 heterocycles. The summed E-state index contributed by atoms with van der Waals surface area (Å²) in [5.74, 6) is 0. The molecule has 2 heteroatoms. The van der Waals surface area contributed by atoms with Crippen molar-refractivity contribution in [2.45, 2.75) is 58.4 Å². The largest absolute Gasteiger partial charge is 0.312 e. The topological polar surface area (TPSA) is 12.0 Å². The van der Waals surface area contributed by atoms with Crippen LogP contribution in [0.25, 0.3) is 0 Å². The smallest absolute Gasteiger partial charge is 0.00965 e. The molecule has 0 fully saturated rings. The summed E-state index contributed by atoms with van der Waals surface area (Å²) in [5.41, 5.74) is 0.275. The second-order valence-corrected chi connectivity index (χ2v) is 6.45. The highest BCUT2D eigenvalue weighted by Gasteiger charge is 2.06. The fraction of sp³-hybridized carbons (Fsp3) is 0.714. The molecule has 0 aliphatic carbocycles. The Balaban J connectivity index is 1.89. The van der Waals surface area contributed by atoms with Gasteiger partial charge in [-0.05, 0) is 58.0 Å². The van der Waals surface area contributed by atoms with Gasteiger partial charge in [-0.15, -0.1) is 11.3 Å². The van der Waals surface area contributed by atoms with Gasteiger partial charge in [-0.25, -0.2) is 0 Å². The minimum absolute atomic E-state index is 0.275. The number of hydrogen-bond donors (Lipinski definition) is 1. The van der Waals surface area contributed by atoms with E-state index in [2.05, 4.69) is 43.6 Å². The zero-order chi connectivity index (χ0) is 11.9. The average molecular weight is 239 g/mol. The minimum Gasteiger partial charge on any atom is -0.312 e. The highest BCUT2D eigenvalue weighted by atomic mass is 32.1. The predicted octanol–water partition coefficient (Wildman–Crippen LogP) is 4.24. The molecule has 0 unspecified atom stereocenters. The minimum atomic E-state index is 0.275. The van der Waals surface area contributed by atoms with Gasteiger partial charge in [-0.2, -0.15) is 0 Å². The van der Waals surface area contributed by atoms with Crippen molar-refractivity contribution in [3.8, 4) is 0 Å². The fourth-order valence-electron chi connectivity index (χ4n) is 1.70. The molecule has 0 spiro atoms. The normalized spacial score (nSPS) is 11.9. The second-order valence-electron chi connectivity index (χ2n) is 5.42. The molecule has 1 aromatic heterocycles. The summed E-state index contributed by atoms with van der Waals surface area (Å²) in [7, 11) is 0. The summed E-state index contributed by atoms with van der Waals surface area (Å²) in [5, 5.41) is 5.70. The first-order valence-electron chi connectivity index (χ1n) is 6.35. The number of nitrogens with one attached hydrogen (secondary N) is 1. The predicted molar refractivity (Wildman–Crippen MR) is 74.2 cm³/mol. The van der Waals surface area contributed by atoms with Crippen LogP contribution in [0.5, 0.6) is 0 Å². The Labute approximate surface area is 104 Å². The van der Waals surface area contributed by atoms with E-state index in [1.54, 1.807) is 0 Å². The van der Waals surface area contributed by atoms with Gasteiger partial charge in [0.15, 0.2) is 0 Å². The molecule has 0 aromatic carbocycles. The molecule has 92 valence electrons. The standard InChI is InChI=1S/C14H25NS/c1-14(2,3)15-11-7-5-4-6-9-13-10-8-12-16-13/h8,10,12,15H,4-7,9,11H2,1-3H3. The Hall–Kier alpha value is -0.340. The van der Waals surface area contributed by atoms with Crippen LogP contribution in [0.15, 0.2) is 17.5 Å². The first-order chi connectivity index (χ1) is 7.58. The van der Waals surface area contributed by atoms with Crippen LogP contribution in [0.3, 0.4) is 0 Å². The average Bonchev–Trinajstić information content (AvgIpc) is 2.67. The first-order valence-corrected chi connectivity index (χ1v) is 7.23. The highest BCUT2D eigenvalue weighted by molar-refractivity contribution is 7.09. The van der Waals surface area contributed by atoms with Crippen molar-refractivity contribution in [1.82, 2.24) is 5.32 Å². The van der Waals surface area contributed by atoms with Crippen LogP contribution in [0.2, 0.25) is 0 Å². The van der Waals surface area contributed by atoms with Gasteiger partial charge in [0.2, 0.25) is 0 Å². The summed E-state index contributed by atoms with van der Waals surface area (Å²) >= 11 is 1.88. The van der Waals surface area contributed by atoms with E-state index in [0.29, 0.717) is 0 Å². The van der Waals surface area contributed by atoms with Crippen LogP contribution < -0.4 is 5.32 Å². The molecule has 0 bridgehead atoms. The van der Waals surface area contributed by atoms with E-state index >= 15 is 0 Å². The molecule has 0 saturated heterocycles. The van der Waals surface area contributed by atoms with E-state index in [-0.39, 0.29) is 5.54 Å². The number of unbranched alkanes of at least 4 members (excludes halogenated alkanes) is 3. The highest BCUT2D eigenvalue weighted by Crippen LogP contribution is 2.13. The van der Waals surface area contributed by atoms with E-state index in [0.717, 1.165) is 6.54 Å². The van der Waals surface area contributed by atoms with Gasteiger partial charge in [0, 0.05) is 10.4 Å². The molecular weight excluding hydrogens is 214 g/mol. The second kappa shape index (κ2) is 7.08. The maximum absolute atomic E-state index is 3.53. The Morgan fingerprint density at radius 3 is 2.50 bits per heavy atom. The van der Waals surface area contributed by atoms with E-state index in [1.165, 1.54) is 37.0 Å². The Morgan fingerprint density at radius 2 is 1.88 bits per heavy atom. The van der Waals surface area contributed by atoms with Crippen molar-refractivity contribution >= 4 is 11.3 Å². The van der Waals surface area contributed by atoms with Gasteiger partial charge in [-0.1, -0.05) is 18.9 Å². The lowest BCUT2D eigenvalue weighted by atomic mass is 10.1. The molecule has 1 N–H and O–H groups in total. The van der Waals surface area contributed by atoms with Crippen LogP contribution in [0, 0.1) is 0 Å². The van der Waals surface area contributed by atoms with Crippen molar-refractivity contribution in [2.75, 3.05) is 6.54 Å². The lowest BCUT2D eigenvalue weighted by molar-refractivity contribution is 0.416. The van der Waals surface area contributed by atoms with E-state index in [4.69, 9.17) is 0 Å². The lowest BCUT2D eigenvalue weighted by Crippen LogP contribution is -2.36. The zero-order valence-corrected chi connectivity index (χ0v) is 11.7. The molecule has 0 atom stereocenters. The summed E-state index contributed by atoms with van der Waals surface area (Å²) in [6.45, 7) is 7.83. The molecule has 0 aliphatic heterocycles. The summed E-state index contributed by atoms with van der Waals surface area (Å²) in [4.78, 5) is 1.54. The van der Waals surface area contributed by atoms with Gasteiger partial charge in [-0.3, -0.25) is 0 Å². The summed E-state index contributed by atoms with van der Waals surface area (Å²) in [6, 6.07) is 4.39. The van der Waals surface area contributed by atoms with Gasteiger partial charge >= 0.3 is 0 Å². The molecule has 0 saturated carbocycles. The van der Waals surface area contributed by atoms with Gasteiger partial charge in [0.05, 0.1) is 0 Å². The van der Waals surface area contributed by atoms with Gasteiger partial charge < -0.3 is 5.32 Å². The molecule has 1 rings (SSSR count). The fourth-order valence-corrected chi connectivity index (χ4v) is 2.45. The van der Waals surface area contributed by atoms with Gasteiger partial charge in [0.1, 0.15) is 0 Å². The summed E-state index contributed by atoms with van der Waals surface area (Å²) in [6.07, 6.45) is 6.64. The van der Waals surface area contributed by atoms with Crippen molar-refractivity contribution in [1.29, 1.82) is 0 Å². The Bertz CT molecular complexity index is 259. The van der Waals surface area contributed by atoms with Crippen LogP contribution >= 0.6 is 11.3 Å². The third-order valence-corrected chi connectivity index (χ3v) is 3.52. The van der Waals surface area contributed by atoms with Crippen LogP contribution in [0.1, 0.15) is 51.3 Å². The van der Waals surface area contributed by atoms with Crippen molar-refractivity contribution in [3.63, 3.8) is 0 Å². The number of thiophene rings is 1. The van der Waals surface area contributed by atoms with Crippen LogP contribution in [-0.4, -0.2) is 12.1 Å². The molecule has 0 radical (unpaired) electrons. The number of hydrogen-bond acceptors (Lipinski definition) is 2.